The van der Waals surface area contributed by atoms with Crippen molar-refractivity contribution >= 4 is 35.0 Å². The smallest absolute Gasteiger partial charge is 0.341 e. The molecule has 1 saturated heterocycles. The van der Waals surface area contributed by atoms with Crippen LogP contribution in [0.5, 0.6) is 0 Å². The third-order valence-electron chi connectivity index (χ3n) is 4.11. The van der Waals surface area contributed by atoms with Gasteiger partial charge in [-0.05, 0) is 36.4 Å². The summed E-state index contributed by atoms with van der Waals surface area (Å²) in [6.07, 6.45) is 0.876. The molecule has 0 saturated carbocycles. The van der Waals surface area contributed by atoms with Gasteiger partial charge >= 0.3 is 5.97 Å². The fourth-order valence-corrected chi connectivity index (χ4v) is 2.82. The van der Waals surface area contributed by atoms with Crippen LogP contribution in [0.2, 0.25) is 0 Å². The Kier molecular flexibility index (Phi) is 3.54. The largest absolute Gasteiger partial charge is 0.477 e. The van der Waals surface area contributed by atoms with Gasteiger partial charge in [-0.15, -0.1) is 12.4 Å². The number of nitrogens with zero attached hydrogens (tertiary/aromatic N) is 2. The minimum atomic E-state index is -3.36. The van der Waals surface area contributed by atoms with Gasteiger partial charge in [-0.2, -0.15) is 0 Å². The molecule has 9 heteroatoms. The van der Waals surface area contributed by atoms with Gasteiger partial charge in [0.2, 0.25) is 5.43 Å². The maximum atomic E-state index is 15.4. The first-order chi connectivity index (χ1) is 16.4. The van der Waals surface area contributed by atoms with E-state index >= 15 is 4.39 Å². The highest BCUT2D eigenvalue weighted by molar-refractivity contribution is 5.94. The zero-order valence-corrected chi connectivity index (χ0v) is 15.2. The number of aromatic nitrogens is 1. The molecule has 152 valence electrons. The average molecular weight is 430 g/mol. The summed E-state index contributed by atoms with van der Waals surface area (Å²) < 4.78 is 94.6. The Bertz CT molecular complexity index is 1440. The van der Waals surface area contributed by atoms with Crippen LogP contribution in [0, 0.1) is 11.6 Å². The van der Waals surface area contributed by atoms with Gasteiger partial charge in [-0.1, -0.05) is 0 Å². The van der Waals surface area contributed by atoms with E-state index in [1.165, 1.54) is 12.1 Å². The van der Waals surface area contributed by atoms with Crippen molar-refractivity contribution in [3.8, 4) is 5.69 Å². The predicted molar refractivity (Wildman–Crippen MR) is 109 cm³/mol. The van der Waals surface area contributed by atoms with E-state index in [0.29, 0.717) is 6.07 Å². The minimum Gasteiger partial charge on any atom is -0.477 e. The molecule has 0 bridgehead atoms. The van der Waals surface area contributed by atoms with Crippen molar-refractivity contribution in [2.75, 3.05) is 30.9 Å². The number of hydrogen-bond acceptors (Lipinski definition) is 4. The van der Waals surface area contributed by atoms with Crippen molar-refractivity contribution in [3.63, 3.8) is 0 Å². The zero-order valence-electron chi connectivity index (χ0n) is 22.4. The van der Waals surface area contributed by atoms with E-state index in [4.69, 9.17) is 11.0 Å². The van der Waals surface area contributed by atoms with E-state index in [1.54, 1.807) is 5.32 Å². The summed E-state index contributed by atoms with van der Waals surface area (Å²) in [6.45, 7) is -13.2. The van der Waals surface area contributed by atoms with E-state index in [0.717, 1.165) is 29.0 Å². The van der Waals surface area contributed by atoms with E-state index < -0.39 is 65.7 Å². The SMILES string of the molecule is Cl.[2H]C1([2H])NC([2H])([2H])C([2H])([2H])N(c2cc3c(cc2F)c(=O)c(C(=O)O)cn3-c2ccc(F)cc2)C1([2H])[2H]. The number of aromatic carboxylic acids is 1. The van der Waals surface area contributed by atoms with Gasteiger partial charge in [-0.25, -0.2) is 13.6 Å². The molecular weight excluding hydrogens is 404 g/mol. The van der Waals surface area contributed by atoms with Gasteiger partial charge in [0.1, 0.15) is 17.2 Å². The van der Waals surface area contributed by atoms with Crippen molar-refractivity contribution in [2.45, 2.75) is 0 Å². The summed E-state index contributed by atoms with van der Waals surface area (Å²) in [7, 11) is 0. The number of carboxylic acid groups (broad SMARTS) is 1. The van der Waals surface area contributed by atoms with Gasteiger partial charge in [0.25, 0.3) is 0 Å². The van der Waals surface area contributed by atoms with Crippen LogP contribution in [0.25, 0.3) is 16.6 Å². The van der Waals surface area contributed by atoms with Crippen LogP contribution in [-0.4, -0.2) is 41.6 Å². The molecule has 0 unspecified atom stereocenters. The van der Waals surface area contributed by atoms with Crippen molar-refractivity contribution in [1.29, 1.82) is 0 Å². The molecule has 0 spiro atoms. The molecule has 2 heterocycles. The number of rotatable bonds is 3. The second-order valence-electron chi connectivity index (χ2n) is 5.78. The molecule has 6 nitrogen and oxygen atoms in total. The predicted octanol–water partition coefficient (Wildman–Crippen LogP) is 2.80. The molecule has 0 aliphatic carbocycles. The van der Waals surface area contributed by atoms with Gasteiger partial charge < -0.3 is 19.9 Å². The van der Waals surface area contributed by atoms with Crippen LogP contribution in [0.4, 0.5) is 14.5 Å². The van der Waals surface area contributed by atoms with E-state index in [9.17, 15) is 19.1 Å². The fourth-order valence-electron chi connectivity index (χ4n) is 2.82. The quantitative estimate of drug-likeness (QED) is 0.669. The standard InChI is InChI=1S/C20H17F2N3O3.ClH/c21-12-1-3-13(4-2-12)25-11-15(20(27)28)19(26)14-9-16(22)18(10-17(14)25)24-7-5-23-6-8-24;/h1-4,9-11,23H,5-8H2,(H,27,28);1H/i5D2,6D2,7D2,8D2;. The highest BCUT2D eigenvalue weighted by Gasteiger charge is 2.20. The second kappa shape index (κ2) is 8.18. The molecule has 0 amide bonds. The van der Waals surface area contributed by atoms with Gasteiger partial charge in [0, 0.05) is 48.7 Å². The highest BCUT2D eigenvalue weighted by atomic mass is 35.5. The molecule has 4 rings (SSSR count). The number of carbonyl (C=O) groups is 1. The van der Waals surface area contributed by atoms with Crippen LogP contribution in [0.3, 0.4) is 0 Å². The third kappa shape index (κ3) is 3.81. The normalized spacial score (nSPS) is 25.0. The number of hydrogen-bond donors (Lipinski definition) is 2. The van der Waals surface area contributed by atoms with Crippen molar-refractivity contribution < 1.29 is 29.6 Å². The van der Waals surface area contributed by atoms with Crippen LogP contribution >= 0.6 is 12.4 Å². The summed E-state index contributed by atoms with van der Waals surface area (Å²) in [6, 6.07) is 5.82. The third-order valence-corrected chi connectivity index (χ3v) is 4.11. The highest BCUT2D eigenvalue weighted by Crippen LogP contribution is 2.27. The first-order valence-electron chi connectivity index (χ1n) is 11.9. The molecule has 1 aliphatic rings. The summed E-state index contributed by atoms with van der Waals surface area (Å²) in [5.41, 5.74) is -2.96. The molecule has 1 aromatic heterocycles. The van der Waals surface area contributed by atoms with Gasteiger partial charge in [0.05, 0.1) is 16.7 Å². The molecule has 2 N–H and O–H groups in total. The summed E-state index contributed by atoms with van der Waals surface area (Å²) >= 11 is 0. The molecule has 2 aromatic carbocycles. The van der Waals surface area contributed by atoms with Crippen LogP contribution in [-0.2, 0) is 0 Å². The Morgan fingerprint density at radius 1 is 1.14 bits per heavy atom. The molecule has 0 atom stereocenters. The number of halogens is 3. The number of pyridine rings is 1. The Balaban J connectivity index is 0.00000380. The Labute approximate surface area is 182 Å². The van der Waals surface area contributed by atoms with Crippen LogP contribution in [0.1, 0.15) is 21.3 Å². The van der Waals surface area contributed by atoms with Gasteiger partial charge in [-0.3, -0.25) is 4.79 Å². The van der Waals surface area contributed by atoms with Crippen molar-refractivity contribution in [1.82, 2.24) is 9.88 Å². The number of nitrogens with one attached hydrogen (secondary N) is 1. The van der Waals surface area contributed by atoms with Crippen LogP contribution in [0.15, 0.2) is 47.4 Å². The Morgan fingerprint density at radius 2 is 1.79 bits per heavy atom. The summed E-state index contributed by atoms with van der Waals surface area (Å²) in [4.78, 5) is 24.4. The average Bonchev–Trinajstić information content (AvgIpc) is 2.73. The van der Waals surface area contributed by atoms with Crippen molar-refractivity contribution in [3.05, 3.63) is 70.0 Å². The molecule has 1 fully saturated rings. The van der Waals surface area contributed by atoms with E-state index in [2.05, 4.69) is 0 Å². The number of piperazine rings is 1. The topological polar surface area (TPSA) is 74.6 Å². The maximum absolute atomic E-state index is 15.4. The van der Waals surface area contributed by atoms with Gasteiger partial charge in [0.15, 0.2) is 0 Å². The Hall–Kier alpha value is -2.97. The zero-order chi connectivity index (χ0) is 27.0. The lowest BCUT2D eigenvalue weighted by Crippen LogP contribution is -2.43. The second-order valence-corrected chi connectivity index (χ2v) is 5.78. The molecular formula is C20H18ClF2N3O3. The summed E-state index contributed by atoms with van der Waals surface area (Å²) in [5.74, 6) is -3.71. The minimum absolute atomic E-state index is 0. The van der Waals surface area contributed by atoms with E-state index in [-0.39, 0.29) is 28.5 Å². The fraction of sp³-hybridized carbons (Fsp3) is 0.200. The first kappa shape index (κ1) is 12.6. The number of anilines is 1. The molecule has 0 radical (unpaired) electrons. The Morgan fingerprint density at radius 3 is 2.41 bits per heavy atom. The van der Waals surface area contributed by atoms with E-state index in [1.807, 2.05) is 0 Å². The maximum Gasteiger partial charge on any atom is 0.341 e. The van der Waals surface area contributed by atoms with Crippen LogP contribution < -0.4 is 15.6 Å². The molecule has 1 aliphatic heterocycles. The molecule has 29 heavy (non-hydrogen) atoms. The lowest BCUT2D eigenvalue weighted by Gasteiger charge is -2.30. The lowest BCUT2D eigenvalue weighted by molar-refractivity contribution is 0.0695. The lowest BCUT2D eigenvalue weighted by atomic mass is 10.1. The molecule has 3 aromatic rings. The first-order valence-corrected chi connectivity index (χ1v) is 7.90. The summed E-state index contributed by atoms with van der Waals surface area (Å²) in [5, 5.41) is 10.6. The number of benzene rings is 2. The number of fused-ring (bicyclic) bond motifs is 1. The van der Waals surface area contributed by atoms with Crippen molar-refractivity contribution in [2.24, 2.45) is 0 Å². The monoisotopic (exact) mass is 429 g/mol. The number of carboxylic acids is 1.